The van der Waals surface area contributed by atoms with E-state index in [0.717, 1.165) is 11.1 Å². The lowest BCUT2D eigenvalue weighted by atomic mass is 10.1. The highest BCUT2D eigenvalue weighted by molar-refractivity contribution is 7.91. The van der Waals surface area contributed by atoms with Crippen LogP contribution in [-0.2, 0) is 16.4 Å². The molecule has 2 fully saturated rings. The predicted molar refractivity (Wildman–Crippen MR) is 97.2 cm³/mol. The molecule has 0 N–H and O–H groups in total. The number of anilines is 1. The van der Waals surface area contributed by atoms with E-state index in [-0.39, 0.29) is 17.5 Å². The van der Waals surface area contributed by atoms with E-state index in [9.17, 15) is 17.6 Å². The third-order valence-corrected chi connectivity index (χ3v) is 6.72. The van der Waals surface area contributed by atoms with Crippen molar-refractivity contribution < 1.29 is 17.6 Å². The number of urea groups is 1. The monoisotopic (exact) mass is 374 g/mol. The van der Waals surface area contributed by atoms with Gasteiger partial charge in [0.25, 0.3) is 0 Å². The lowest BCUT2D eigenvalue weighted by molar-refractivity contribution is 0.206. The Bertz CT molecular complexity index is 959. The van der Waals surface area contributed by atoms with Crippen LogP contribution in [-0.4, -0.2) is 42.9 Å². The van der Waals surface area contributed by atoms with Gasteiger partial charge in [0.15, 0.2) is 9.84 Å². The molecule has 2 aromatic rings. The third-order valence-electron chi connectivity index (χ3n) is 5.02. The average Bonchev–Trinajstić information content (AvgIpc) is 3.00. The minimum Gasteiger partial charge on any atom is -0.314 e. The van der Waals surface area contributed by atoms with Gasteiger partial charge in [-0.1, -0.05) is 29.8 Å². The normalized spacial score (nSPS) is 24.2. The van der Waals surface area contributed by atoms with Crippen LogP contribution in [0.1, 0.15) is 11.1 Å². The summed E-state index contributed by atoms with van der Waals surface area (Å²) in [5.41, 5.74) is 2.57. The highest BCUT2D eigenvalue weighted by Gasteiger charge is 2.53. The topological polar surface area (TPSA) is 57.7 Å². The van der Waals surface area contributed by atoms with E-state index in [1.807, 2.05) is 31.2 Å². The van der Waals surface area contributed by atoms with Crippen LogP contribution in [0.3, 0.4) is 0 Å². The van der Waals surface area contributed by atoms with Gasteiger partial charge in [-0.15, -0.1) is 0 Å². The quantitative estimate of drug-likeness (QED) is 0.777. The van der Waals surface area contributed by atoms with Crippen molar-refractivity contribution in [3.63, 3.8) is 0 Å². The second kappa shape index (κ2) is 6.09. The van der Waals surface area contributed by atoms with Gasteiger partial charge in [-0.25, -0.2) is 17.6 Å². The van der Waals surface area contributed by atoms with Crippen LogP contribution in [0.4, 0.5) is 14.9 Å². The van der Waals surface area contributed by atoms with Gasteiger partial charge in [-0.2, -0.15) is 0 Å². The molecule has 0 unspecified atom stereocenters. The van der Waals surface area contributed by atoms with Crippen molar-refractivity contribution in [2.24, 2.45) is 0 Å². The minimum atomic E-state index is -3.22. The number of amides is 2. The average molecular weight is 374 g/mol. The summed E-state index contributed by atoms with van der Waals surface area (Å²) in [6, 6.07) is 12.4. The van der Waals surface area contributed by atoms with Crippen LogP contribution in [0.5, 0.6) is 0 Å². The summed E-state index contributed by atoms with van der Waals surface area (Å²) < 4.78 is 37.7. The van der Waals surface area contributed by atoms with Crippen LogP contribution in [0, 0.1) is 12.7 Å². The molecular weight excluding hydrogens is 355 g/mol. The molecule has 2 aromatic carbocycles. The predicted octanol–water partition coefficient (Wildman–Crippen LogP) is 2.74. The van der Waals surface area contributed by atoms with Crippen molar-refractivity contribution >= 4 is 21.6 Å². The van der Waals surface area contributed by atoms with Gasteiger partial charge in [0.2, 0.25) is 0 Å². The summed E-state index contributed by atoms with van der Waals surface area (Å²) >= 11 is 0. The lowest BCUT2D eigenvalue weighted by Gasteiger charge is -2.22. The molecule has 0 bridgehead atoms. The summed E-state index contributed by atoms with van der Waals surface area (Å²) in [4.78, 5) is 16.2. The van der Waals surface area contributed by atoms with Crippen LogP contribution >= 0.6 is 0 Å². The van der Waals surface area contributed by atoms with Gasteiger partial charge in [0, 0.05) is 12.2 Å². The number of halogens is 1. The minimum absolute atomic E-state index is 0.0348. The number of carbonyl (C=O) groups excluding carboxylic acids is 1. The first kappa shape index (κ1) is 17.0. The Labute approximate surface area is 152 Å². The molecule has 7 heteroatoms. The molecule has 4 rings (SSSR count). The van der Waals surface area contributed by atoms with Crippen molar-refractivity contribution in [2.75, 3.05) is 16.4 Å². The maximum atomic E-state index is 13.3. The standard InChI is InChI=1S/C19H19FN2O3S/c1-13-3-2-4-14(9-13)10-21-17-11-26(24,25)12-18(17)22(19(21)23)16-7-5-15(20)6-8-16/h2-9,17-18H,10-12H2,1H3/t17-,18-/m1/s1. The van der Waals surface area contributed by atoms with E-state index in [1.54, 1.807) is 4.90 Å². The van der Waals surface area contributed by atoms with E-state index < -0.39 is 27.7 Å². The molecule has 136 valence electrons. The van der Waals surface area contributed by atoms with Gasteiger partial charge in [-0.05, 0) is 36.8 Å². The molecule has 2 aliphatic heterocycles. The summed E-state index contributed by atoms with van der Waals surface area (Å²) in [5.74, 6) is -0.495. The fourth-order valence-corrected chi connectivity index (χ4v) is 5.82. The molecule has 2 atom stereocenters. The van der Waals surface area contributed by atoms with Crippen molar-refractivity contribution in [3.05, 3.63) is 65.5 Å². The summed E-state index contributed by atoms with van der Waals surface area (Å²) in [7, 11) is -3.22. The first-order valence-electron chi connectivity index (χ1n) is 8.45. The zero-order valence-corrected chi connectivity index (χ0v) is 15.1. The molecule has 0 aliphatic carbocycles. The van der Waals surface area contributed by atoms with E-state index in [0.29, 0.717) is 12.2 Å². The van der Waals surface area contributed by atoms with Crippen LogP contribution in [0.2, 0.25) is 0 Å². The van der Waals surface area contributed by atoms with Gasteiger partial charge in [0.05, 0.1) is 23.6 Å². The Hall–Kier alpha value is -2.41. The first-order chi connectivity index (χ1) is 12.3. The van der Waals surface area contributed by atoms with Crippen molar-refractivity contribution in [3.8, 4) is 0 Å². The summed E-state index contributed by atoms with van der Waals surface area (Å²) in [6.45, 7) is 2.33. The third kappa shape index (κ3) is 2.96. The number of rotatable bonds is 3. The number of aryl methyl sites for hydroxylation is 1. The molecule has 2 heterocycles. The molecular formula is C19H19FN2O3S. The molecule has 0 spiro atoms. The molecule has 0 saturated carbocycles. The summed E-state index contributed by atoms with van der Waals surface area (Å²) in [6.07, 6.45) is 0. The Morgan fingerprint density at radius 2 is 1.77 bits per heavy atom. The number of carbonyl (C=O) groups is 1. The van der Waals surface area contributed by atoms with Crippen LogP contribution in [0.15, 0.2) is 48.5 Å². The summed E-state index contributed by atoms with van der Waals surface area (Å²) in [5, 5.41) is 0. The number of benzene rings is 2. The fraction of sp³-hybridized carbons (Fsp3) is 0.316. The van der Waals surface area contributed by atoms with Crippen LogP contribution in [0.25, 0.3) is 0 Å². The number of fused-ring (bicyclic) bond motifs is 1. The van der Waals surface area contributed by atoms with Crippen LogP contribution < -0.4 is 4.90 Å². The number of sulfone groups is 1. The molecule has 0 aromatic heterocycles. The van der Waals surface area contributed by atoms with E-state index in [2.05, 4.69) is 0 Å². The van der Waals surface area contributed by atoms with Gasteiger partial charge >= 0.3 is 6.03 Å². The van der Waals surface area contributed by atoms with Crippen molar-refractivity contribution in [2.45, 2.75) is 25.6 Å². The Kier molecular flexibility index (Phi) is 3.99. The second-order valence-electron chi connectivity index (χ2n) is 6.96. The van der Waals surface area contributed by atoms with Crippen molar-refractivity contribution in [1.82, 2.24) is 4.90 Å². The van der Waals surface area contributed by atoms with Crippen molar-refractivity contribution in [1.29, 1.82) is 0 Å². The smallest absolute Gasteiger partial charge is 0.314 e. The van der Waals surface area contributed by atoms with E-state index >= 15 is 0 Å². The fourth-order valence-electron chi connectivity index (χ4n) is 3.87. The Morgan fingerprint density at radius 3 is 2.46 bits per heavy atom. The maximum Gasteiger partial charge on any atom is 0.325 e. The second-order valence-corrected chi connectivity index (χ2v) is 9.11. The molecule has 26 heavy (non-hydrogen) atoms. The molecule has 2 amide bonds. The maximum absolute atomic E-state index is 13.3. The molecule has 5 nitrogen and oxygen atoms in total. The Morgan fingerprint density at radius 1 is 1.08 bits per heavy atom. The highest BCUT2D eigenvalue weighted by Crippen LogP contribution is 2.36. The first-order valence-corrected chi connectivity index (χ1v) is 10.3. The molecule has 2 saturated heterocycles. The number of nitrogens with zero attached hydrogens (tertiary/aromatic N) is 2. The number of hydrogen-bond donors (Lipinski definition) is 0. The van der Waals surface area contributed by atoms with E-state index in [1.165, 1.54) is 29.2 Å². The zero-order chi connectivity index (χ0) is 18.5. The molecule has 0 radical (unpaired) electrons. The van der Waals surface area contributed by atoms with Gasteiger partial charge < -0.3 is 4.90 Å². The Balaban J connectivity index is 1.70. The largest absolute Gasteiger partial charge is 0.325 e. The van der Waals surface area contributed by atoms with E-state index in [4.69, 9.17) is 0 Å². The number of hydrogen-bond acceptors (Lipinski definition) is 3. The van der Waals surface area contributed by atoms with Gasteiger partial charge in [-0.3, -0.25) is 4.90 Å². The SMILES string of the molecule is Cc1cccc(CN2C(=O)N(c3ccc(F)cc3)[C@@H]3CS(=O)(=O)C[C@H]32)c1. The highest BCUT2D eigenvalue weighted by atomic mass is 32.2. The molecule has 2 aliphatic rings. The lowest BCUT2D eigenvalue weighted by Crippen LogP contribution is -2.37. The van der Waals surface area contributed by atoms with Gasteiger partial charge in [0.1, 0.15) is 5.82 Å². The zero-order valence-electron chi connectivity index (χ0n) is 14.3.